The molecule has 6 nitrogen and oxygen atoms in total. The molecule has 140 valence electrons. The van der Waals surface area contributed by atoms with Crippen LogP contribution in [0.5, 0.6) is 0 Å². The van der Waals surface area contributed by atoms with Gasteiger partial charge in [-0.25, -0.2) is 4.68 Å². The van der Waals surface area contributed by atoms with Crippen LogP contribution >= 0.6 is 50.9 Å². The molecule has 0 spiro atoms. The molecule has 3 N–H and O–H groups in total. The minimum absolute atomic E-state index is 0.255. The van der Waals surface area contributed by atoms with Crippen molar-refractivity contribution in [3.05, 3.63) is 57.0 Å². The van der Waals surface area contributed by atoms with Crippen molar-refractivity contribution in [2.45, 2.75) is 17.3 Å². The van der Waals surface area contributed by atoms with Crippen molar-refractivity contribution in [2.24, 2.45) is 0 Å². The predicted octanol–water partition coefficient (Wildman–Crippen LogP) is 4.85. The fourth-order valence-corrected chi connectivity index (χ4v) is 3.81. The standard InChI is InChI=1S/C17H14BrCl2N5OS/c1-9(16(26)22-13-8-4-7-12(19)14(13)20)27-17-24-23-15(25(17)21)10-5-2-3-6-11(10)18/h2-9H,21H2,1H3,(H,22,26). The second-order valence-electron chi connectivity index (χ2n) is 5.51. The molecule has 0 saturated heterocycles. The zero-order valence-electron chi connectivity index (χ0n) is 14.0. The molecule has 0 aliphatic heterocycles. The molecule has 10 heteroatoms. The Hall–Kier alpha value is -1.74. The third kappa shape index (κ3) is 4.40. The lowest BCUT2D eigenvalue weighted by Gasteiger charge is -2.13. The first-order valence-corrected chi connectivity index (χ1v) is 10.2. The number of benzene rings is 2. The zero-order valence-corrected chi connectivity index (χ0v) is 17.9. The summed E-state index contributed by atoms with van der Waals surface area (Å²) < 4.78 is 2.21. The molecule has 3 aromatic rings. The summed E-state index contributed by atoms with van der Waals surface area (Å²) >= 11 is 16.7. The fourth-order valence-electron chi connectivity index (χ4n) is 2.23. The van der Waals surface area contributed by atoms with Crippen molar-refractivity contribution >= 4 is 62.5 Å². The van der Waals surface area contributed by atoms with Gasteiger partial charge in [0.25, 0.3) is 0 Å². The summed E-state index contributed by atoms with van der Waals surface area (Å²) in [4.78, 5) is 12.5. The number of hydrogen-bond acceptors (Lipinski definition) is 5. The number of nitrogens with one attached hydrogen (secondary N) is 1. The SMILES string of the molecule is CC(Sc1nnc(-c2ccccc2Br)n1N)C(=O)Nc1cccc(Cl)c1Cl. The Balaban J connectivity index is 1.75. The normalized spacial score (nSPS) is 12.0. The molecule has 0 fully saturated rings. The summed E-state index contributed by atoms with van der Waals surface area (Å²) in [5, 5.41) is 11.6. The van der Waals surface area contributed by atoms with Crippen molar-refractivity contribution in [3.8, 4) is 11.4 Å². The number of nitrogens with zero attached hydrogens (tertiary/aromatic N) is 3. The van der Waals surface area contributed by atoms with E-state index in [4.69, 9.17) is 29.0 Å². The zero-order chi connectivity index (χ0) is 19.6. The number of anilines is 1. The van der Waals surface area contributed by atoms with Gasteiger partial charge in [-0.2, -0.15) is 0 Å². The summed E-state index contributed by atoms with van der Waals surface area (Å²) in [5.74, 6) is 6.37. The largest absolute Gasteiger partial charge is 0.335 e. The van der Waals surface area contributed by atoms with Gasteiger partial charge in [0.1, 0.15) is 0 Å². The lowest BCUT2D eigenvalue weighted by atomic mass is 10.2. The molecule has 1 aromatic heterocycles. The van der Waals surface area contributed by atoms with Crippen LogP contribution in [0.3, 0.4) is 0 Å². The van der Waals surface area contributed by atoms with Crippen LogP contribution in [0, 0.1) is 0 Å². The van der Waals surface area contributed by atoms with E-state index in [9.17, 15) is 4.79 Å². The molecule has 1 heterocycles. The van der Waals surface area contributed by atoms with E-state index in [1.807, 2.05) is 24.3 Å². The first-order chi connectivity index (χ1) is 12.9. The fraction of sp³-hybridized carbons (Fsp3) is 0.118. The smallest absolute Gasteiger partial charge is 0.237 e. The van der Waals surface area contributed by atoms with Gasteiger partial charge in [0.05, 0.1) is 21.0 Å². The summed E-state index contributed by atoms with van der Waals surface area (Å²) in [6, 6.07) is 12.6. The lowest BCUT2D eigenvalue weighted by molar-refractivity contribution is -0.115. The number of thioether (sulfide) groups is 1. The highest BCUT2D eigenvalue weighted by atomic mass is 79.9. The van der Waals surface area contributed by atoms with Crippen LogP contribution < -0.4 is 11.2 Å². The number of nitrogen functional groups attached to an aromatic ring is 1. The molecule has 0 radical (unpaired) electrons. The average Bonchev–Trinajstić information content (AvgIpc) is 3.00. The van der Waals surface area contributed by atoms with Gasteiger partial charge in [0.2, 0.25) is 11.1 Å². The van der Waals surface area contributed by atoms with Crippen molar-refractivity contribution in [2.75, 3.05) is 11.2 Å². The number of amides is 1. The summed E-state index contributed by atoms with van der Waals surface area (Å²) in [6.07, 6.45) is 0. The Morgan fingerprint density at radius 1 is 1.22 bits per heavy atom. The Kier molecular flexibility index (Phi) is 6.31. The highest BCUT2D eigenvalue weighted by Gasteiger charge is 2.21. The van der Waals surface area contributed by atoms with Crippen molar-refractivity contribution < 1.29 is 4.79 Å². The molecule has 1 unspecified atom stereocenters. The van der Waals surface area contributed by atoms with Gasteiger partial charge in [-0.15, -0.1) is 10.2 Å². The van der Waals surface area contributed by atoms with Crippen LogP contribution in [0.4, 0.5) is 5.69 Å². The van der Waals surface area contributed by atoms with Crippen LogP contribution in [-0.2, 0) is 4.79 Å². The third-order valence-electron chi connectivity index (χ3n) is 3.64. The first-order valence-electron chi connectivity index (χ1n) is 7.75. The summed E-state index contributed by atoms with van der Waals surface area (Å²) in [6.45, 7) is 1.74. The maximum Gasteiger partial charge on any atom is 0.237 e. The Morgan fingerprint density at radius 3 is 2.70 bits per heavy atom. The summed E-state index contributed by atoms with van der Waals surface area (Å²) in [5.41, 5.74) is 1.26. The van der Waals surface area contributed by atoms with Crippen LogP contribution in [0.15, 0.2) is 52.1 Å². The van der Waals surface area contributed by atoms with E-state index in [2.05, 4.69) is 31.4 Å². The molecule has 0 bridgehead atoms. The highest BCUT2D eigenvalue weighted by Crippen LogP contribution is 2.32. The van der Waals surface area contributed by atoms with Crippen LogP contribution in [0.1, 0.15) is 6.92 Å². The Labute approximate surface area is 178 Å². The number of carbonyl (C=O) groups excluding carboxylic acids is 1. The van der Waals surface area contributed by atoms with Crippen LogP contribution in [0.2, 0.25) is 10.0 Å². The molecule has 0 aliphatic carbocycles. The van der Waals surface area contributed by atoms with E-state index in [-0.39, 0.29) is 5.91 Å². The monoisotopic (exact) mass is 485 g/mol. The molecule has 0 saturated carbocycles. The highest BCUT2D eigenvalue weighted by molar-refractivity contribution is 9.10. The Bertz CT molecular complexity index is 997. The van der Waals surface area contributed by atoms with Gasteiger partial charge < -0.3 is 11.2 Å². The minimum Gasteiger partial charge on any atom is -0.335 e. The number of carbonyl (C=O) groups is 1. The van der Waals surface area contributed by atoms with Gasteiger partial charge in [0.15, 0.2) is 5.82 Å². The number of nitrogens with two attached hydrogens (primary N) is 1. The topological polar surface area (TPSA) is 85.8 Å². The van der Waals surface area contributed by atoms with Crippen LogP contribution in [0.25, 0.3) is 11.4 Å². The number of aromatic nitrogens is 3. The number of rotatable bonds is 5. The molecule has 27 heavy (non-hydrogen) atoms. The molecular formula is C17H14BrCl2N5OS. The van der Waals surface area contributed by atoms with Crippen molar-refractivity contribution in [1.29, 1.82) is 0 Å². The first kappa shape index (κ1) is 20.0. The van der Waals surface area contributed by atoms with Gasteiger partial charge in [0, 0.05) is 10.0 Å². The van der Waals surface area contributed by atoms with Crippen molar-refractivity contribution in [1.82, 2.24) is 14.9 Å². The third-order valence-corrected chi connectivity index (χ3v) is 6.21. The number of halogens is 3. The second kappa shape index (κ2) is 8.52. The second-order valence-corrected chi connectivity index (χ2v) is 8.45. The molecule has 0 aliphatic rings. The molecule has 1 amide bonds. The van der Waals surface area contributed by atoms with E-state index in [1.54, 1.807) is 25.1 Å². The van der Waals surface area contributed by atoms with E-state index < -0.39 is 5.25 Å². The van der Waals surface area contributed by atoms with E-state index >= 15 is 0 Å². The minimum atomic E-state index is -0.487. The van der Waals surface area contributed by atoms with Crippen LogP contribution in [-0.4, -0.2) is 26.0 Å². The van der Waals surface area contributed by atoms with Gasteiger partial charge in [-0.1, -0.05) is 69.1 Å². The predicted molar refractivity (Wildman–Crippen MR) is 114 cm³/mol. The van der Waals surface area contributed by atoms with Gasteiger partial charge in [-0.05, 0) is 31.2 Å². The maximum atomic E-state index is 12.5. The maximum absolute atomic E-state index is 12.5. The molecule has 1 atom stereocenters. The van der Waals surface area contributed by atoms with E-state index in [0.29, 0.717) is 26.7 Å². The molecule has 3 rings (SSSR count). The molecular weight excluding hydrogens is 473 g/mol. The van der Waals surface area contributed by atoms with Gasteiger partial charge >= 0.3 is 0 Å². The summed E-state index contributed by atoms with van der Waals surface area (Å²) in [7, 11) is 0. The Morgan fingerprint density at radius 2 is 1.96 bits per heavy atom. The van der Waals surface area contributed by atoms with E-state index in [1.165, 1.54) is 16.4 Å². The number of hydrogen-bond donors (Lipinski definition) is 2. The van der Waals surface area contributed by atoms with Gasteiger partial charge in [-0.3, -0.25) is 4.79 Å². The lowest BCUT2D eigenvalue weighted by Crippen LogP contribution is -2.23. The van der Waals surface area contributed by atoms with Crippen molar-refractivity contribution in [3.63, 3.8) is 0 Å². The quantitative estimate of drug-likeness (QED) is 0.397. The van der Waals surface area contributed by atoms with E-state index in [0.717, 1.165) is 10.0 Å². The average molecular weight is 487 g/mol. The molecule has 2 aromatic carbocycles.